The number of nitrogens with zero attached hydrogens (tertiary/aromatic N) is 5. The molecule has 1 aliphatic heterocycles. The molecule has 0 amide bonds. The summed E-state index contributed by atoms with van der Waals surface area (Å²) in [6, 6.07) is 0. The van der Waals surface area contributed by atoms with Crippen LogP contribution in [0, 0.1) is 5.41 Å². The van der Waals surface area contributed by atoms with Crippen LogP contribution in [0.5, 0.6) is 0 Å². The Kier molecular flexibility index (Phi) is 4.04. The lowest BCUT2D eigenvalue weighted by Crippen LogP contribution is -2.49. The molecular weight excluding hydrogens is 286 g/mol. The summed E-state index contributed by atoms with van der Waals surface area (Å²) in [5.74, 6) is -1.11. The Morgan fingerprint density at radius 2 is 2.25 bits per heavy atom. The van der Waals surface area contributed by atoms with Crippen molar-refractivity contribution in [2.24, 2.45) is 5.41 Å². The summed E-state index contributed by atoms with van der Waals surface area (Å²) in [5, 5.41) is 19.7. The molecule has 10 heteroatoms. The number of piperidine rings is 1. The molecule has 112 valence electrons. The highest BCUT2D eigenvalue weighted by Gasteiger charge is 2.41. The number of aliphatic carboxylic acids is 1. The van der Waals surface area contributed by atoms with E-state index in [2.05, 4.69) is 15.5 Å². The first-order chi connectivity index (χ1) is 9.33. The molecule has 1 aromatic heterocycles. The van der Waals surface area contributed by atoms with Gasteiger partial charge >= 0.3 is 5.97 Å². The minimum Gasteiger partial charge on any atom is -0.481 e. The van der Waals surface area contributed by atoms with Gasteiger partial charge in [-0.05, 0) is 30.2 Å². The lowest BCUT2D eigenvalue weighted by atomic mass is 9.83. The van der Waals surface area contributed by atoms with Crippen LogP contribution in [0.15, 0.2) is 6.33 Å². The highest BCUT2D eigenvalue weighted by atomic mass is 32.2. The monoisotopic (exact) mass is 303 g/mol. The highest BCUT2D eigenvalue weighted by Crippen LogP contribution is 2.31. The Labute approximate surface area is 116 Å². The van der Waals surface area contributed by atoms with E-state index in [1.807, 2.05) is 0 Å². The van der Waals surface area contributed by atoms with E-state index >= 15 is 0 Å². The fourth-order valence-corrected chi connectivity index (χ4v) is 3.79. The second-order valence-corrected chi connectivity index (χ2v) is 7.28. The smallest absolute Gasteiger partial charge is 0.310 e. The van der Waals surface area contributed by atoms with Crippen molar-refractivity contribution in [2.45, 2.75) is 26.3 Å². The molecular formula is C10H17N5O4S. The molecule has 1 unspecified atom stereocenters. The van der Waals surface area contributed by atoms with Gasteiger partial charge in [-0.3, -0.25) is 4.79 Å². The van der Waals surface area contributed by atoms with E-state index in [-0.39, 0.29) is 18.8 Å². The number of hydrogen-bond acceptors (Lipinski definition) is 6. The summed E-state index contributed by atoms with van der Waals surface area (Å²) in [7, 11) is -3.51. The zero-order valence-corrected chi connectivity index (χ0v) is 12.0. The van der Waals surface area contributed by atoms with Crippen molar-refractivity contribution in [3.05, 3.63) is 6.33 Å². The lowest BCUT2D eigenvalue weighted by Gasteiger charge is -2.36. The van der Waals surface area contributed by atoms with Crippen molar-refractivity contribution >= 4 is 16.0 Å². The highest BCUT2D eigenvalue weighted by molar-refractivity contribution is 7.89. The summed E-state index contributed by atoms with van der Waals surface area (Å²) >= 11 is 0. The standard InChI is InChI=1S/C10H17N5O4S/c1-10(9(16)17)3-2-4-15(7-10)20(18,19)6-5-14-8-11-12-13-14/h8H,2-7H2,1H3,(H,16,17). The number of carbonyl (C=O) groups is 1. The number of aromatic nitrogens is 4. The van der Waals surface area contributed by atoms with Crippen LogP contribution >= 0.6 is 0 Å². The largest absolute Gasteiger partial charge is 0.481 e. The van der Waals surface area contributed by atoms with Gasteiger partial charge < -0.3 is 5.11 Å². The second kappa shape index (κ2) is 5.44. The topological polar surface area (TPSA) is 118 Å². The molecule has 1 atom stereocenters. The van der Waals surface area contributed by atoms with E-state index in [1.165, 1.54) is 15.3 Å². The fraction of sp³-hybridized carbons (Fsp3) is 0.800. The first-order valence-electron chi connectivity index (χ1n) is 6.25. The normalized spacial score (nSPS) is 24.6. The first kappa shape index (κ1) is 14.9. The van der Waals surface area contributed by atoms with Crippen molar-refractivity contribution in [3.63, 3.8) is 0 Å². The van der Waals surface area contributed by atoms with E-state index in [9.17, 15) is 18.3 Å². The quantitative estimate of drug-likeness (QED) is 0.755. The van der Waals surface area contributed by atoms with Crippen molar-refractivity contribution in [3.8, 4) is 0 Å². The molecule has 0 bridgehead atoms. The van der Waals surface area contributed by atoms with E-state index in [4.69, 9.17) is 0 Å². The van der Waals surface area contributed by atoms with Gasteiger partial charge in [0.2, 0.25) is 10.0 Å². The van der Waals surface area contributed by atoms with E-state index in [1.54, 1.807) is 6.92 Å². The molecule has 0 saturated carbocycles. The van der Waals surface area contributed by atoms with Crippen LogP contribution in [0.4, 0.5) is 0 Å². The predicted octanol–water partition coefficient (Wildman–Crippen LogP) is -0.810. The third-order valence-corrected chi connectivity index (χ3v) is 5.34. The van der Waals surface area contributed by atoms with Crippen molar-refractivity contribution in [1.29, 1.82) is 0 Å². The van der Waals surface area contributed by atoms with Gasteiger partial charge in [0.15, 0.2) is 0 Å². The average Bonchev–Trinajstić information content (AvgIpc) is 2.89. The number of carboxylic acids is 1. The van der Waals surface area contributed by atoms with Crippen LogP contribution in [0.2, 0.25) is 0 Å². The minimum atomic E-state index is -3.51. The Morgan fingerprint density at radius 3 is 2.85 bits per heavy atom. The molecule has 0 radical (unpaired) electrons. The Balaban J connectivity index is 2.03. The lowest BCUT2D eigenvalue weighted by molar-refractivity contribution is -0.150. The Morgan fingerprint density at radius 1 is 1.50 bits per heavy atom. The third kappa shape index (κ3) is 3.12. The van der Waals surface area contributed by atoms with Gasteiger partial charge in [0.1, 0.15) is 6.33 Å². The minimum absolute atomic E-state index is 0.0142. The molecule has 2 rings (SSSR count). The maximum Gasteiger partial charge on any atom is 0.310 e. The summed E-state index contributed by atoms with van der Waals surface area (Å²) in [6.45, 7) is 2.11. The SMILES string of the molecule is CC1(C(=O)O)CCCN(S(=O)(=O)CCn2cnnn2)C1. The maximum atomic E-state index is 12.2. The van der Waals surface area contributed by atoms with Gasteiger partial charge in [-0.2, -0.15) is 0 Å². The van der Waals surface area contributed by atoms with Gasteiger partial charge in [-0.1, -0.05) is 0 Å². The molecule has 9 nitrogen and oxygen atoms in total. The van der Waals surface area contributed by atoms with Crippen LogP contribution < -0.4 is 0 Å². The zero-order valence-electron chi connectivity index (χ0n) is 11.1. The molecule has 1 aliphatic rings. The van der Waals surface area contributed by atoms with Gasteiger partial charge in [-0.25, -0.2) is 17.4 Å². The second-order valence-electron chi connectivity index (χ2n) is 5.19. The number of rotatable bonds is 5. The molecule has 0 spiro atoms. The van der Waals surface area contributed by atoms with E-state index < -0.39 is 21.4 Å². The number of tetrazole rings is 1. The van der Waals surface area contributed by atoms with Gasteiger partial charge in [0.05, 0.1) is 17.7 Å². The van der Waals surface area contributed by atoms with Crippen molar-refractivity contribution < 1.29 is 18.3 Å². The van der Waals surface area contributed by atoms with Crippen LogP contribution in [0.1, 0.15) is 19.8 Å². The molecule has 0 aliphatic carbocycles. The van der Waals surface area contributed by atoms with Crippen LogP contribution in [-0.4, -0.2) is 62.8 Å². The molecule has 1 saturated heterocycles. The average molecular weight is 303 g/mol. The molecule has 20 heavy (non-hydrogen) atoms. The van der Waals surface area contributed by atoms with Crippen LogP contribution in [-0.2, 0) is 21.4 Å². The Hall–Kier alpha value is -1.55. The van der Waals surface area contributed by atoms with Gasteiger partial charge in [-0.15, -0.1) is 5.10 Å². The first-order valence-corrected chi connectivity index (χ1v) is 7.86. The molecule has 2 heterocycles. The van der Waals surface area contributed by atoms with Crippen LogP contribution in [0.25, 0.3) is 0 Å². The number of sulfonamides is 1. The summed E-state index contributed by atoms with van der Waals surface area (Å²) < 4.78 is 27.1. The zero-order chi connectivity index (χ0) is 14.8. The maximum absolute atomic E-state index is 12.2. The van der Waals surface area contributed by atoms with Crippen LogP contribution in [0.3, 0.4) is 0 Å². The van der Waals surface area contributed by atoms with E-state index in [0.29, 0.717) is 19.4 Å². The van der Waals surface area contributed by atoms with Gasteiger partial charge in [0, 0.05) is 13.1 Å². The summed E-state index contributed by atoms with van der Waals surface area (Å²) in [4.78, 5) is 11.2. The van der Waals surface area contributed by atoms with Crippen molar-refractivity contribution in [2.75, 3.05) is 18.8 Å². The fourth-order valence-electron chi connectivity index (χ4n) is 2.23. The Bertz CT molecular complexity index is 572. The van der Waals surface area contributed by atoms with Gasteiger partial charge in [0.25, 0.3) is 0 Å². The number of aryl methyl sites for hydroxylation is 1. The molecule has 1 aromatic rings. The molecule has 1 fully saturated rings. The van der Waals surface area contributed by atoms with Crippen molar-refractivity contribution in [1.82, 2.24) is 24.5 Å². The number of carboxylic acid groups (broad SMARTS) is 1. The predicted molar refractivity (Wildman–Crippen MR) is 68.2 cm³/mol. The summed E-state index contributed by atoms with van der Waals surface area (Å²) in [5.41, 5.74) is -1.01. The third-order valence-electron chi connectivity index (χ3n) is 3.54. The molecule has 1 N–H and O–H groups in total. The number of hydrogen-bond donors (Lipinski definition) is 1. The van der Waals surface area contributed by atoms with E-state index in [0.717, 1.165) is 0 Å². The summed E-state index contributed by atoms with van der Waals surface area (Å²) in [6.07, 6.45) is 2.38. The molecule has 0 aromatic carbocycles.